The molecule has 15 heavy (non-hydrogen) atoms. The van der Waals surface area contributed by atoms with E-state index in [-0.39, 0.29) is 0 Å². The summed E-state index contributed by atoms with van der Waals surface area (Å²) >= 11 is 0. The second-order valence-corrected chi connectivity index (χ2v) is 5.31. The molecule has 2 aliphatic rings. The lowest BCUT2D eigenvalue weighted by Gasteiger charge is -2.32. The molecule has 2 aliphatic heterocycles. The summed E-state index contributed by atoms with van der Waals surface area (Å²) in [5.74, 6) is 0.777. The van der Waals surface area contributed by atoms with Crippen molar-refractivity contribution in [3.05, 3.63) is 11.9 Å². The van der Waals surface area contributed by atoms with Gasteiger partial charge in [-0.1, -0.05) is 13.8 Å². The summed E-state index contributed by atoms with van der Waals surface area (Å²) in [6.45, 7) is 9.67. The highest BCUT2D eigenvalue weighted by atomic mass is 15.2. The Morgan fingerprint density at radius 1 is 1.13 bits per heavy atom. The molecule has 2 nitrogen and oxygen atoms in total. The van der Waals surface area contributed by atoms with E-state index in [1.54, 1.807) is 5.70 Å². The average molecular weight is 208 g/mol. The van der Waals surface area contributed by atoms with Crippen molar-refractivity contribution >= 4 is 0 Å². The van der Waals surface area contributed by atoms with E-state index in [4.69, 9.17) is 0 Å². The van der Waals surface area contributed by atoms with Crippen molar-refractivity contribution in [2.45, 2.75) is 39.5 Å². The van der Waals surface area contributed by atoms with Gasteiger partial charge >= 0.3 is 0 Å². The number of hydrogen-bond acceptors (Lipinski definition) is 2. The molecule has 0 radical (unpaired) electrons. The van der Waals surface area contributed by atoms with Crippen molar-refractivity contribution in [2.75, 3.05) is 26.2 Å². The zero-order valence-corrected chi connectivity index (χ0v) is 10.2. The maximum atomic E-state index is 2.59. The maximum absolute atomic E-state index is 2.59. The standard InChI is InChI=1S/C13H24N2/c1-12(2)10-14-7-5-6-13(11-14)15-8-3-4-9-15/h11-12H,3-10H2,1-2H3. The minimum Gasteiger partial charge on any atom is -0.376 e. The van der Waals surface area contributed by atoms with E-state index in [9.17, 15) is 0 Å². The Morgan fingerprint density at radius 3 is 2.53 bits per heavy atom. The van der Waals surface area contributed by atoms with Crippen LogP contribution in [0.4, 0.5) is 0 Å². The predicted octanol–water partition coefficient (Wildman–Crippen LogP) is 2.68. The molecule has 1 saturated heterocycles. The fraction of sp³-hybridized carbons (Fsp3) is 0.846. The lowest BCUT2D eigenvalue weighted by molar-refractivity contribution is 0.279. The van der Waals surface area contributed by atoms with Crippen LogP contribution in [0.1, 0.15) is 39.5 Å². The highest BCUT2D eigenvalue weighted by molar-refractivity contribution is 5.05. The summed E-state index contributed by atoms with van der Waals surface area (Å²) in [6, 6.07) is 0. The molecule has 0 N–H and O–H groups in total. The molecule has 0 bridgehead atoms. The predicted molar refractivity (Wildman–Crippen MR) is 64.5 cm³/mol. The van der Waals surface area contributed by atoms with Crippen molar-refractivity contribution in [3.8, 4) is 0 Å². The van der Waals surface area contributed by atoms with E-state index in [1.165, 1.54) is 51.9 Å². The molecule has 2 heterocycles. The van der Waals surface area contributed by atoms with Crippen LogP contribution >= 0.6 is 0 Å². The fourth-order valence-corrected chi connectivity index (χ4v) is 2.66. The molecule has 1 fully saturated rings. The van der Waals surface area contributed by atoms with Crippen LogP contribution in [0.2, 0.25) is 0 Å². The maximum Gasteiger partial charge on any atom is 0.0295 e. The SMILES string of the molecule is CC(C)CN1C=C(N2CCCC2)CCC1. The summed E-state index contributed by atoms with van der Waals surface area (Å²) in [7, 11) is 0. The first-order valence-electron chi connectivity index (χ1n) is 6.45. The third-order valence-corrected chi connectivity index (χ3v) is 3.32. The average Bonchev–Trinajstić information content (AvgIpc) is 2.69. The number of allylic oxidation sites excluding steroid dienone is 1. The highest BCUT2D eigenvalue weighted by Crippen LogP contribution is 2.23. The molecule has 0 aromatic heterocycles. The van der Waals surface area contributed by atoms with Gasteiger partial charge in [-0.2, -0.15) is 0 Å². The van der Waals surface area contributed by atoms with Crippen LogP contribution in [-0.2, 0) is 0 Å². The van der Waals surface area contributed by atoms with Gasteiger partial charge in [-0.3, -0.25) is 0 Å². The van der Waals surface area contributed by atoms with Gasteiger partial charge in [0.05, 0.1) is 0 Å². The van der Waals surface area contributed by atoms with Crippen LogP contribution in [0, 0.1) is 5.92 Å². The van der Waals surface area contributed by atoms with Crippen molar-refractivity contribution in [1.29, 1.82) is 0 Å². The van der Waals surface area contributed by atoms with Gasteiger partial charge in [0.15, 0.2) is 0 Å². The van der Waals surface area contributed by atoms with E-state index in [0.717, 1.165) is 5.92 Å². The lowest BCUT2D eigenvalue weighted by Crippen LogP contribution is -2.31. The quantitative estimate of drug-likeness (QED) is 0.703. The highest BCUT2D eigenvalue weighted by Gasteiger charge is 2.18. The van der Waals surface area contributed by atoms with Gasteiger partial charge in [-0.25, -0.2) is 0 Å². The summed E-state index contributed by atoms with van der Waals surface area (Å²) in [4.78, 5) is 5.11. The second kappa shape index (κ2) is 4.91. The largest absolute Gasteiger partial charge is 0.376 e. The Morgan fingerprint density at radius 2 is 1.87 bits per heavy atom. The molecule has 0 unspecified atom stereocenters. The first-order chi connectivity index (χ1) is 7.25. The van der Waals surface area contributed by atoms with Crippen molar-refractivity contribution in [3.63, 3.8) is 0 Å². The Balaban J connectivity index is 1.94. The van der Waals surface area contributed by atoms with Gasteiger partial charge in [-0.15, -0.1) is 0 Å². The third-order valence-electron chi connectivity index (χ3n) is 3.32. The topological polar surface area (TPSA) is 6.48 Å². The molecule has 2 heteroatoms. The van der Waals surface area contributed by atoms with Crippen molar-refractivity contribution in [2.24, 2.45) is 5.92 Å². The molecule has 0 spiro atoms. The van der Waals surface area contributed by atoms with Gasteiger partial charge in [0.2, 0.25) is 0 Å². The third kappa shape index (κ3) is 2.90. The van der Waals surface area contributed by atoms with Gasteiger partial charge < -0.3 is 9.80 Å². The minimum absolute atomic E-state index is 0.777. The number of hydrogen-bond donors (Lipinski definition) is 0. The number of nitrogens with zero attached hydrogens (tertiary/aromatic N) is 2. The smallest absolute Gasteiger partial charge is 0.0295 e. The summed E-state index contributed by atoms with van der Waals surface area (Å²) in [5.41, 5.74) is 1.60. The van der Waals surface area contributed by atoms with Gasteiger partial charge in [0.25, 0.3) is 0 Å². The Kier molecular flexibility index (Phi) is 3.55. The molecule has 0 aliphatic carbocycles. The van der Waals surface area contributed by atoms with Gasteiger partial charge in [0.1, 0.15) is 0 Å². The Bertz CT molecular complexity index is 227. The van der Waals surface area contributed by atoms with Crippen LogP contribution in [0.25, 0.3) is 0 Å². The molecular weight excluding hydrogens is 184 g/mol. The van der Waals surface area contributed by atoms with Crippen LogP contribution in [-0.4, -0.2) is 36.0 Å². The molecule has 0 aromatic rings. The number of likely N-dealkylation sites (tertiary alicyclic amines) is 1. The normalized spacial score (nSPS) is 22.5. The fourth-order valence-electron chi connectivity index (χ4n) is 2.66. The summed E-state index contributed by atoms with van der Waals surface area (Å²) in [5, 5.41) is 0. The van der Waals surface area contributed by atoms with Gasteiger partial charge in [0, 0.05) is 38.1 Å². The first-order valence-corrected chi connectivity index (χ1v) is 6.45. The van der Waals surface area contributed by atoms with Crippen molar-refractivity contribution in [1.82, 2.24) is 9.80 Å². The molecule has 2 rings (SSSR count). The van der Waals surface area contributed by atoms with E-state index in [1.807, 2.05) is 0 Å². The van der Waals surface area contributed by atoms with E-state index >= 15 is 0 Å². The van der Waals surface area contributed by atoms with Crippen LogP contribution in [0.3, 0.4) is 0 Å². The molecule has 0 saturated carbocycles. The van der Waals surface area contributed by atoms with E-state index in [2.05, 4.69) is 29.8 Å². The second-order valence-electron chi connectivity index (χ2n) is 5.31. The Labute approximate surface area is 93.9 Å². The molecule has 0 aromatic carbocycles. The van der Waals surface area contributed by atoms with Crippen molar-refractivity contribution < 1.29 is 0 Å². The number of rotatable bonds is 3. The first kappa shape index (κ1) is 10.8. The van der Waals surface area contributed by atoms with Crippen LogP contribution in [0.5, 0.6) is 0 Å². The molecule has 0 amide bonds. The lowest BCUT2D eigenvalue weighted by atomic mass is 10.1. The summed E-state index contributed by atoms with van der Waals surface area (Å²) in [6.07, 6.45) is 7.85. The monoisotopic (exact) mass is 208 g/mol. The summed E-state index contributed by atoms with van der Waals surface area (Å²) < 4.78 is 0. The zero-order chi connectivity index (χ0) is 10.7. The van der Waals surface area contributed by atoms with E-state index < -0.39 is 0 Å². The van der Waals surface area contributed by atoms with Crippen LogP contribution in [0.15, 0.2) is 11.9 Å². The molecule has 0 atom stereocenters. The van der Waals surface area contributed by atoms with Gasteiger partial charge in [-0.05, 0) is 31.6 Å². The van der Waals surface area contributed by atoms with E-state index in [0.29, 0.717) is 0 Å². The zero-order valence-electron chi connectivity index (χ0n) is 10.2. The Hall–Kier alpha value is -0.660. The molecular formula is C13H24N2. The molecule has 86 valence electrons. The minimum atomic E-state index is 0.777. The van der Waals surface area contributed by atoms with Crippen LogP contribution < -0.4 is 0 Å².